The van der Waals surface area contributed by atoms with Crippen molar-refractivity contribution in [2.45, 2.75) is 13.5 Å². The molecule has 0 aliphatic heterocycles. The number of hydrogen-bond acceptors (Lipinski definition) is 3. The molecule has 0 aliphatic rings. The highest BCUT2D eigenvalue weighted by Gasteiger charge is 2.11. The highest BCUT2D eigenvalue weighted by molar-refractivity contribution is 6.09. The molecule has 0 saturated carbocycles. The zero-order chi connectivity index (χ0) is 19.5. The second-order valence-corrected chi connectivity index (χ2v) is 6.44. The van der Waals surface area contributed by atoms with Crippen molar-refractivity contribution in [3.63, 3.8) is 0 Å². The Labute approximate surface area is 162 Å². The lowest BCUT2D eigenvalue weighted by molar-refractivity contribution is -0.118. The summed E-state index contributed by atoms with van der Waals surface area (Å²) in [5, 5.41) is 14.2. The first kappa shape index (κ1) is 17.6. The summed E-state index contributed by atoms with van der Waals surface area (Å²) >= 11 is 0. The van der Waals surface area contributed by atoms with E-state index in [9.17, 15) is 4.79 Å². The third-order valence-electron chi connectivity index (χ3n) is 4.74. The van der Waals surface area contributed by atoms with Crippen molar-refractivity contribution in [3.8, 4) is 11.8 Å². The summed E-state index contributed by atoms with van der Waals surface area (Å²) in [5.74, 6) is 0.132. The maximum atomic E-state index is 12.3. The molecule has 0 saturated heterocycles. The Morgan fingerprint density at radius 2 is 1.79 bits per heavy atom. The number of carbonyl (C=O) groups is 1. The van der Waals surface area contributed by atoms with Crippen LogP contribution in [-0.4, -0.2) is 17.1 Å². The molecule has 1 N–H and O–H groups in total. The van der Waals surface area contributed by atoms with E-state index in [1.54, 1.807) is 24.3 Å². The van der Waals surface area contributed by atoms with Gasteiger partial charge < -0.3 is 14.6 Å². The van der Waals surface area contributed by atoms with Gasteiger partial charge in [-0.25, -0.2) is 0 Å². The molecule has 138 valence electrons. The third-order valence-corrected chi connectivity index (χ3v) is 4.74. The smallest absolute Gasteiger partial charge is 0.262 e. The number of rotatable bonds is 5. The molecule has 28 heavy (non-hydrogen) atoms. The van der Waals surface area contributed by atoms with Gasteiger partial charge in [-0.2, -0.15) is 5.26 Å². The monoisotopic (exact) mass is 369 g/mol. The fraction of sp³-hybridized carbons (Fsp3) is 0.130. The SMILES string of the molecule is CCn1c2ccccc2c2cc(NC(=O)COc3ccccc3C#N)ccc21. The van der Waals surface area contributed by atoms with E-state index in [2.05, 4.69) is 35.0 Å². The lowest BCUT2D eigenvalue weighted by Crippen LogP contribution is -2.20. The lowest BCUT2D eigenvalue weighted by Gasteiger charge is -2.09. The van der Waals surface area contributed by atoms with E-state index < -0.39 is 0 Å². The van der Waals surface area contributed by atoms with Gasteiger partial charge in [-0.1, -0.05) is 30.3 Å². The molecule has 0 radical (unpaired) electrons. The van der Waals surface area contributed by atoms with E-state index in [1.807, 2.05) is 30.3 Å². The van der Waals surface area contributed by atoms with Gasteiger partial charge in [0.05, 0.1) is 5.56 Å². The Morgan fingerprint density at radius 1 is 1.04 bits per heavy atom. The van der Waals surface area contributed by atoms with Crippen molar-refractivity contribution < 1.29 is 9.53 Å². The van der Waals surface area contributed by atoms with Crippen molar-refractivity contribution in [2.24, 2.45) is 0 Å². The summed E-state index contributed by atoms with van der Waals surface area (Å²) in [6, 6.07) is 23.1. The summed E-state index contributed by atoms with van der Waals surface area (Å²) in [4.78, 5) is 12.3. The normalized spacial score (nSPS) is 10.7. The van der Waals surface area contributed by atoms with Crippen LogP contribution in [0.3, 0.4) is 0 Å². The molecular weight excluding hydrogens is 350 g/mol. The van der Waals surface area contributed by atoms with Crippen LogP contribution >= 0.6 is 0 Å². The van der Waals surface area contributed by atoms with Gasteiger partial charge in [-0.05, 0) is 43.3 Å². The summed E-state index contributed by atoms with van der Waals surface area (Å²) in [6.45, 7) is 2.84. The Balaban J connectivity index is 1.56. The van der Waals surface area contributed by atoms with E-state index >= 15 is 0 Å². The number of anilines is 1. The number of nitriles is 1. The number of aromatic nitrogens is 1. The molecule has 1 amide bonds. The maximum absolute atomic E-state index is 12.3. The fourth-order valence-electron chi connectivity index (χ4n) is 3.50. The van der Waals surface area contributed by atoms with Crippen molar-refractivity contribution in [2.75, 3.05) is 11.9 Å². The summed E-state index contributed by atoms with van der Waals surface area (Å²) in [5.41, 5.74) is 3.44. The third kappa shape index (κ3) is 3.17. The van der Waals surface area contributed by atoms with Crippen LogP contribution in [0, 0.1) is 11.3 Å². The molecule has 1 heterocycles. The highest BCUT2D eigenvalue weighted by Crippen LogP contribution is 2.31. The van der Waals surface area contributed by atoms with Gasteiger partial charge in [0.1, 0.15) is 11.8 Å². The number of aryl methyl sites for hydroxylation is 1. The number of benzene rings is 3. The zero-order valence-corrected chi connectivity index (χ0v) is 15.5. The molecule has 5 heteroatoms. The predicted molar refractivity (Wildman–Crippen MR) is 110 cm³/mol. The summed E-state index contributed by atoms with van der Waals surface area (Å²) < 4.78 is 7.76. The Hall–Kier alpha value is -3.78. The summed E-state index contributed by atoms with van der Waals surface area (Å²) in [7, 11) is 0. The molecule has 5 nitrogen and oxygen atoms in total. The molecule has 4 aromatic rings. The molecule has 0 atom stereocenters. The number of nitrogens with one attached hydrogen (secondary N) is 1. The number of hydrogen-bond donors (Lipinski definition) is 1. The van der Waals surface area contributed by atoms with E-state index in [-0.39, 0.29) is 12.5 Å². The van der Waals surface area contributed by atoms with Gasteiger partial charge in [-0.3, -0.25) is 4.79 Å². The minimum absolute atomic E-state index is 0.159. The number of ether oxygens (including phenoxy) is 1. The topological polar surface area (TPSA) is 67.1 Å². The van der Waals surface area contributed by atoms with E-state index in [0.29, 0.717) is 17.0 Å². The quantitative estimate of drug-likeness (QED) is 0.554. The van der Waals surface area contributed by atoms with Crippen LogP contribution in [0.4, 0.5) is 5.69 Å². The second kappa shape index (κ2) is 7.45. The highest BCUT2D eigenvalue weighted by atomic mass is 16.5. The van der Waals surface area contributed by atoms with Crippen molar-refractivity contribution in [1.29, 1.82) is 5.26 Å². The van der Waals surface area contributed by atoms with Gasteiger partial charge >= 0.3 is 0 Å². The van der Waals surface area contributed by atoms with Crippen LogP contribution in [0.1, 0.15) is 12.5 Å². The van der Waals surface area contributed by atoms with Crippen molar-refractivity contribution in [1.82, 2.24) is 4.57 Å². The molecule has 4 rings (SSSR count). The van der Waals surface area contributed by atoms with Crippen LogP contribution in [-0.2, 0) is 11.3 Å². The van der Waals surface area contributed by atoms with Gasteiger partial charge in [0, 0.05) is 34.0 Å². The fourth-order valence-corrected chi connectivity index (χ4v) is 3.50. The van der Waals surface area contributed by atoms with Gasteiger partial charge in [0.15, 0.2) is 6.61 Å². The Bertz CT molecular complexity index is 1220. The van der Waals surface area contributed by atoms with E-state index in [1.165, 1.54) is 5.52 Å². The second-order valence-electron chi connectivity index (χ2n) is 6.44. The first-order chi connectivity index (χ1) is 13.7. The Kier molecular flexibility index (Phi) is 4.69. The molecule has 0 aliphatic carbocycles. The first-order valence-corrected chi connectivity index (χ1v) is 9.14. The molecule has 1 aromatic heterocycles. The number of fused-ring (bicyclic) bond motifs is 3. The van der Waals surface area contributed by atoms with Crippen molar-refractivity contribution in [3.05, 3.63) is 72.3 Å². The molecule has 3 aromatic carbocycles. The van der Waals surface area contributed by atoms with Crippen LogP contribution in [0.2, 0.25) is 0 Å². The maximum Gasteiger partial charge on any atom is 0.262 e. The molecule has 0 unspecified atom stereocenters. The first-order valence-electron chi connectivity index (χ1n) is 9.14. The number of nitrogens with zero attached hydrogens (tertiary/aromatic N) is 2. The molecule has 0 fully saturated rings. The predicted octanol–water partition coefficient (Wildman–Crippen LogP) is 4.70. The van der Waals surface area contributed by atoms with Crippen LogP contribution in [0.5, 0.6) is 5.75 Å². The van der Waals surface area contributed by atoms with Crippen LogP contribution < -0.4 is 10.1 Å². The van der Waals surface area contributed by atoms with Crippen LogP contribution in [0.15, 0.2) is 66.7 Å². The van der Waals surface area contributed by atoms with E-state index in [4.69, 9.17) is 10.00 Å². The van der Waals surface area contributed by atoms with Gasteiger partial charge in [0.2, 0.25) is 0 Å². The average molecular weight is 369 g/mol. The lowest BCUT2D eigenvalue weighted by atomic mass is 10.1. The Morgan fingerprint density at radius 3 is 2.61 bits per heavy atom. The van der Waals surface area contributed by atoms with Crippen LogP contribution in [0.25, 0.3) is 21.8 Å². The number of amides is 1. The molecule has 0 bridgehead atoms. The average Bonchev–Trinajstić information content (AvgIpc) is 3.05. The summed E-state index contributed by atoms with van der Waals surface area (Å²) in [6.07, 6.45) is 0. The van der Waals surface area contributed by atoms with Gasteiger partial charge in [-0.15, -0.1) is 0 Å². The number of para-hydroxylation sites is 2. The number of carbonyl (C=O) groups excluding carboxylic acids is 1. The molecule has 0 spiro atoms. The largest absolute Gasteiger partial charge is 0.482 e. The zero-order valence-electron chi connectivity index (χ0n) is 15.5. The molecular formula is C23H19N3O2. The van der Waals surface area contributed by atoms with E-state index in [0.717, 1.165) is 22.8 Å². The van der Waals surface area contributed by atoms with Crippen molar-refractivity contribution >= 4 is 33.4 Å². The minimum atomic E-state index is -0.272. The minimum Gasteiger partial charge on any atom is -0.482 e. The standard InChI is InChI=1S/C23H19N3O2/c1-2-26-20-9-5-4-8-18(20)19-13-17(11-12-21(19)26)25-23(27)15-28-22-10-6-3-7-16(22)14-24/h3-13H,2,15H2,1H3,(H,25,27). The van der Waals surface area contributed by atoms with Gasteiger partial charge in [0.25, 0.3) is 5.91 Å².